The van der Waals surface area contributed by atoms with Gasteiger partial charge in [0.05, 0.1) is 5.69 Å². The molecule has 2 N–H and O–H groups in total. The second-order valence-electron chi connectivity index (χ2n) is 6.61. The van der Waals surface area contributed by atoms with E-state index in [1.165, 1.54) is 12.0 Å². The van der Waals surface area contributed by atoms with Crippen molar-refractivity contribution in [3.63, 3.8) is 0 Å². The van der Waals surface area contributed by atoms with Gasteiger partial charge in [0.1, 0.15) is 5.82 Å². The number of rotatable bonds is 5. The zero-order valence-electron chi connectivity index (χ0n) is 15.0. The minimum Gasteiger partial charge on any atom is -0.348 e. The molecule has 6 nitrogen and oxygen atoms in total. The Morgan fingerprint density at radius 3 is 2.84 bits per heavy atom. The van der Waals surface area contributed by atoms with Crippen LogP contribution in [0.3, 0.4) is 0 Å². The third-order valence-electron chi connectivity index (χ3n) is 4.43. The van der Waals surface area contributed by atoms with Crippen LogP contribution in [0.15, 0.2) is 24.3 Å². The minimum atomic E-state index is -0.215. The van der Waals surface area contributed by atoms with Crippen molar-refractivity contribution < 1.29 is 4.79 Å². The first kappa shape index (κ1) is 19.4. The molecule has 0 aliphatic carbocycles. The van der Waals surface area contributed by atoms with Gasteiger partial charge in [-0.25, -0.2) is 9.67 Å². The number of aromatic nitrogens is 3. The van der Waals surface area contributed by atoms with Gasteiger partial charge in [0.2, 0.25) is 5.82 Å². The smallest absolute Gasteiger partial charge is 0.291 e. The van der Waals surface area contributed by atoms with Crippen LogP contribution in [0.2, 0.25) is 0 Å². The molecular weight excluding hydrogens is 338 g/mol. The van der Waals surface area contributed by atoms with Gasteiger partial charge in [0.15, 0.2) is 0 Å². The number of nitrogens with one attached hydrogen (secondary N) is 2. The van der Waals surface area contributed by atoms with E-state index < -0.39 is 0 Å². The van der Waals surface area contributed by atoms with Gasteiger partial charge < -0.3 is 10.6 Å². The van der Waals surface area contributed by atoms with Crippen molar-refractivity contribution >= 4 is 18.3 Å². The molecule has 0 bridgehead atoms. The highest BCUT2D eigenvalue weighted by atomic mass is 35.5. The highest BCUT2D eigenvalue weighted by molar-refractivity contribution is 5.90. The summed E-state index contributed by atoms with van der Waals surface area (Å²) in [6.45, 7) is 7.81. The summed E-state index contributed by atoms with van der Waals surface area (Å²) >= 11 is 0. The fourth-order valence-corrected chi connectivity index (χ4v) is 3.11. The van der Waals surface area contributed by atoms with Gasteiger partial charge in [0, 0.05) is 12.6 Å². The molecule has 1 aliphatic rings. The van der Waals surface area contributed by atoms with Gasteiger partial charge in [-0.2, -0.15) is 0 Å². The van der Waals surface area contributed by atoms with Gasteiger partial charge in [-0.05, 0) is 43.9 Å². The quantitative estimate of drug-likeness (QED) is 0.856. The molecule has 0 radical (unpaired) electrons. The van der Waals surface area contributed by atoms with Crippen molar-refractivity contribution in [1.29, 1.82) is 0 Å². The first-order valence-electron chi connectivity index (χ1n) is 8.61. The second-order valence-corrected chi connectivity index (χ2v) is 6.61. The number of hydrogen-bond donors (Lipinski definition) is 2. The van der Waals surface area contributed by atoms with Crippen LogP contribution in [-0.2, 0) is 0 Å². The molecule has 3 rings (SSSR count). The molecule has 1 aromatic carbocycles. The SMILES string of the molecule is Cc1nc(C(=O)NCC2CCCN2)nn1-c1ccccc1C(C)C.Cl. The van der Waals surface area contributed by atoms with Crippen molar-refractivity contribution in [3.8, 4) is 5.69 Å². The monoisotopic (exact) mass is 363 g/mol. The van der Waals surface area contributed by atoms with E-state index in [1.807, 2.05) is 25.1 Å². The molecule has 7 heteroatoms. The van der Waals surface area contributed by atoms with Crippen molar-refractivity contribution in [2.24, 2.45) is 0 Å². The Balaban J connectivity index is 0.00000225. The summed E-state index contributed by atoms with van der Waals surface area (Å²) in [6, 6.07) is 8.47. The van der Waals surface area contributed by atoms with Crippen LogP contribution in [0.1, 0.15) is 54.6 Å². The zero-order chi connectivity index (χ0) is 17.1. The van der Waals surface area contributed by atoms with Gasteiger partial charge >= 0.3 is 0 Å². The molecule has 1 unspecified atom stereocenters. The predicted octanol–water partition coefficient (Wildman–Crippen LogP) is 2.60. The van der Waals surface area contributed by atoms with Crippen LogP contribution in [0.4, 0.5) is 0 Å². The number of nitrogens with zero attached hydrogens (tertiary/aromatic N) is 3. The summed E-state index contributed by atoms with van der Waals surface area (Å²) in [5.41, 5.74) is 2.17. The number of halogens is 1. The molecule has 136 valence electrons. The summed E-state index contributed by atoms with van der Waals surface area (Å²) in [5.74, 6) is 1.10. The Labute approximate surface area is 154 Å². The molecule has 1 amide bonds. The standard InChI is InChI=1S/C18H25N5O.ClH/c1-12(2)15-8-4-5-9-16(15)23-13(3)21-17(22-23)18(24)20-11-14-7-6-10-19-14;/h4-5,8-9,12,14,19H,6-7,10-11H2,1-3H3,(H,20,24);1H. The third kappa shape index (κ3) is 4.38. The molecule has 1 fully saturated rings. The molecule has 25 heavy (non-hydrogen) atoms. The number of hydrogen-bond acceptors (Lipinski definition) is 4. The Kier molecular flexibility index (Phi) is 6.56. The Morgan fingerprint density at radius 1 is 1.40 bits per heavy atom. The van der Waals surface area contributed by atoms with Gasteiger partial charge in [-0.1, -0.05) is 32.0 Å². The predicted molar refractivity (Wildman–Crippen MR) is 101 cm³/mol. The lowest BCUT2D eigenvalue weighted by atomic mass is 10.0. The van der Waals surface area contributed by atoms with E-state index in [0.717, 1.165) is 18.7 Å². The molecule has 2 aromatic rings. The minimum absolute atomic E-state index is 0. The Bertz CT molecular complexity index is 722. The molecular formula is C18H26ClN5O. The van der Waals surface area contributed by atoms with Crippen molar-refractivity contribution in [2.75, 3.05) is 13.1 Å². The normalized spacial score (nSPS) is 16.7. The fraction of sp³-hybridized carbons (Fsp3) is 0.500. The van der Waals surface area contributed by atoms with E-state index in [-0.39, 0.29) is 24.1 Å². The average molecular weight is 364 g/mol. The number of aryl methyl sites for hydroxylation is 1. The largest absolute Gasteiger partial charge is 0.348 e. The van der Waals surface area contributed by atoms with Gasteiger partial charge in [0.25, 0.3) is 5.91 Å². The highest BCUT2D eigenvalue weighted by Crippen LogP contribution is 2.23. The van der Waals surface area contributed by atoms with E-state index in [9.17, 15) is 4.79 Å². The van der Waals surface area contributed by atoms with Crippen molar-refractivity contribution in [1.82, 2.24) is 25.4 Å². The van der Waals surface area contributed by atoms with Crippen LogP contribution >= 0.6 is 12.4 Å². The maximum absolute atomic E-state index is 12.3. The Hall–Kier alpha value is -1.92. The summed E-state index contributed by atoms with van der Waals surface area (Å²) in [4.78, 5) is 16.7. The average Bonchev–Trinajstić information content (AvgIpc) is 3.22. The van der Waals surface area contributed by atoms with Crippen LogP contribution in [0.5, 0.6) is 0 Å². The number of carbonyl (C=O) groups excluding carboxylic acids is 1. The number of amides is 1. The van der Waals surface area contributed by atoms with E-state index in [2.05, 4.69) is 40.6 Å². The lowest BCUT2D eigenvalue weighted by molar-refractivity contribution is 0.0940. The first-order chi connectivity index (χ1) is 11.6. The van der Waals surface area contributed by atoms with Crippen molar-refractivity contribution in [2.45, 2.75) is 45.6 Å². The van der Waals surface area contributed by atoms with E-state index in [1.54, 1.807) is 4.68 Å². The molecule has 1 aromatic heterocycles. The van der Waals surface area contributed by atoms with Crippen molar-refractivity contribution in [3.05, 3.63) is 41.5 Å². The summed E-state index contributed by atoms with van der Waals surface area (Å²) in [5, 5.41) is 10.7. The molecule has 1 saturated heterocycles. The molecule has 1 aliphatic heterocycles. The molecule has 1 atom stereocenters. The number of para-hydroxylation sites is 1. The topological polar surface area (TPSA) is 71.8 Å². The number of carbonyl (C=O) groups is 1. The van der Waals surface area contributed by atoms with Crippen LogP contribution in [0, 0.1) is 6.92 Å². The van der Waals surface area contributed by atoms with Gasteiger partial charge in [-0.3, -0.25) is 4.79 Å². The molecule has 2 heterocycles. The third-order valence-corrected chi connectivity index (χ3v) is 4.43. The summed E-state index contributed by atoms with van der Waals surface area (Å²) in [7, 11) is 0. The lowest BCUT2D eigenvalue weighted by Gasteiger charge is -2.13. The zero-order valence-corrected chi connectivity index (χ0v) is 15.8. The van der Waals surface area contributed by atoms with E-state index in [4.69, 9.17) is 0 Å². The van der Waals surface area contributed by atoms with E-state index in [0.29, 0.717) is 24.3 Å². The van der Waals surface area contributed by atoms with E-state index >= 15 is 0 Å². The fourth-order valence-electron chi connectivity index (χ4n) is 3.11. The van der Waals surface area contributed by atoms with Gasteiger partial charge in [-0.15, -0.1) is 17.5 Å². The van der Waals surface area contributed by atoms with Crippen LogP contribution < -0.4 is 10.6 Å². The van der Waals surface area contributed by atoms with Crippen LogP contribution in [-0.4, -0.2) is 39.8 Å². The second kappa shape index (κ2) is 8.45. The number of benzene rings is 1. The summed E-state index contributed by atoms with van der Waals surface area (Å²) in [6.07, 6.45) is 2.27. The van der Waals surface area contributed by atoms with Crippen LogP contribution in [0.25, 0.3) is 5.69 Å². The molecule has 0 saturated carbocycles. The summed E-state index contributed by atoms with van der Waals surface area (Å²) < 4.78 is 1.76. The lowest BCUT2D eigenvalue weighted by Crippen LogP contribution is -2.37. The Morgan fingerprint density at radius 2 is 2.16 bits per heavy atom. The maximum Gasteiger partial charge on any atom is 0.291 e. The molecule has 0 spiro atoms. The first-order valence-corrected chi connectivity index (χ1v) is 8.61. The maximum atomic E-state index is 12.3. The highest BCUT2D eigenvalue weighted by Gasteiger charge is 2.19.